The maximum atomic E-state index is 13.7. The van der Waals surface area contributed by atoms with Crippen LogP contribution in [0.15, 0.2) is 87.3 Å². The molecule has 0 saturated heterocycles. The van der Waals surface area contributed by atoms with Crippen molar-refractivity contribution in [1.82, 2.24) is 9.99 Å². The van der Waals surface area contributed by atoms with E-state index in [-0.39, 0.29) is 4.90 Å². The van der Waals surface area contributed by atoms with Crippen LogP contribution in [0.2, 0.25) is 0 Å². The third kappa shape index (κ3) is 6.32. The molecule has 202 valence electrons. The summed E-state index contributed by atoms with van der Waals surface area (Å²) in [7, 11) is -4.01. The molecule has 0 bridgehead atoms. The van der Waals surface area contributed by atoms with Gasteiger partial charge < -0.3 is 4.57 Å². The van der Waals surface area contributed by atoms with E-state index < -0.39 is 22.5 Å². The van der Waals surface area contributed by atoms with Gasteiger partial charge in [-0.25, -0.2) is 13.8 Å². The van der Waals surface area contributed by atoms with Gasteiger partial charge in [0.05, 0.1) is 16.8 Å². The number of benzene rings is 3. The number of anilines is 1. The summed E-state index contributed by atoms with van der Waals surface area (Å²) in [6.07, 6.45) is 1.57. The molecule has 3 aromatic carbocycles. The summed E-state index contributed by atoms with van der Waals surface area (Å²) in [5, 5.41) is 4.15. The second-order valence-corrected chi connectivity index (χ2v) is 12.3. The van der Waals surface area contributed by atoms with Gasteiger partial charge in [0.25, 0.3) is 15.9 Å². The van der Waals surface area contributed by atoms with Crippen molar-refractivity contribution in [3.63, 3.8) is 0 Å². The molecule has 0 aliphatic heterocycles. The molecule has 9 heteroatoms. The molecule has 0 aliphatic rings. The molecule has 39 heavy (non-hydrogen) atoms. The number of hydrazone groups is 1. The zero-order valence-corrected chi connectivity index (χ0v) is 25.0. The number of halogens is 1. The van der Waals surface area contributed by atoms with Crippen LogP contribution in [-0.2, 0) is 14.8 Å². The van der Waals surface area contributed by atoms with Crippen molar-refractivity contribution >= 4 is 43.8 Å². The standard InChI is InChI=1S/C30H31BrN4O3S/c1-20-10-13-28(14-11-20)39(37,38)34(29-15-21(2)9-12-22(29)3)19-30(36)33-32-18-25-16-23(4)35(24(25)5)27-8-6-7-26(31)17-27/h6-18H,19H2,1-5H3,(H,33,36). The van der Waals surface area contributed by atoms with Crippen LogP contribution in [0.4, 0.5) is 5.69 Å². The molecule has 0 radical (unpaired) electrons. The van der Waals surface area contributed by atoms with Crippen molar-refractivity contribution in [3.8, 4) is 5.69 Å². The van der Waals surface area contributed by atoms with E-state index in [0.29, 0.717) is 5.69 Å². The van der Waals surface area contributed by atoms with Gasteiger partial charge in [0.1, 0.15) is 6.54 Å². The summed E-state index contributed by atoms with van der Waals surface area (Å²) in [6.45, 7) is 9.16. The largest absolute Gasteiger partial charge is 0.318 e. The second-order valence-electron chi connectivity index (χ2n) is 9.55. The van der Waals surface area contributed by atoms with Gasteiger partial charge in [0.2, 0.25) is 0 Å². The number of aromatic nitrogens is 1. The summed E-state index contributed by atoms with van der Waals surface area (Å²) in [5.41, 5.74) is 9.36. The van der Waals surface area contributed by atoms with E-state index >= 15 is 0 Å². The molecule has 1 N–H and O–H groups in total. The number of sulfonamides is 1. The molecule has 1 amide bonds. The number of rotatable bonds is 8. The van der Waals surface area contributed by atoms with Crippen LogP contribution in [0.3, 0.4) is 0 Å². The number of carbonyl (C=O) groups is 1. The molecule has 0 aliphatic carbocycles. The molecule has 1 heterocycles. The van der Waals surface area contributed by atoms with Gasteiger partial charge in [0, 0.05) is 27.1 Å². The maximum Gasteiger partial charge on any atom is 0.264 e. The van der Waals surface area contributed by atoms with Crippen molar-refractivity contribution in [2.75, 3.05) is 10.8 Å². The van der Waals surface area contributed by atoms with Gasteiger partial charge in [0.15, 0.2) is 0 Å². The van der Waals surface area contributed by atoms with E-state index in [1.165, 1.54) is 0 Å². The molecule has 0 unspecified atom stereocenters. The molecule has 7 nitrogen and oxygen atoms in total. The summed E-state index contributed by atoms with van der Waals surface area (Å²) >= 11 is 3.52. The highest BCUT2D eigenvalue weighted by Crippen LogP contribution is 2.28. The van der Waals surface area contributed by atoms with Crippen LogP contribution in [-0.4, -0.2) is 31.7 Å². The second kappa shape index (κ2) is 11.6. The fourth-order valence-electron chi connectivity index (χ4n) is 4.40. The van der Waals surface area contributed by atoms with E-state index in [1.54, 1.807) is 36.5 Å². The first-order valence-electron chi connectivity index (χ1n) is 12.4. The van der Waals surface area contributed by atoms with Crippen molar-refractivity contribution in [2.24, 2.45) is 5.10 Å². The topological polar surface area (TPSA) is 83.8 Å². The first-order valence-corrected chi connectivity index (χ1v) is 14.6. The highest BCUT2D eigenvalue weighted by atomic mass is 79.9. The number of hydrogen-bond donors (Lipinski definition) is 1. The van der Waals surface area contributed by atoms with E-state index in [4.69, 9.17) is 0 Å². The average molecular weight is 608 g/mol. The minimum absolute atomic E-state index is 0.116. The fraction of sp³-hybridized carbons (Fsp3) is 0.200. The molecular formula is C30H31BrN4O3S. The van der Waals surface area contributed by atoms with Gasteiger partial charge in [-0.2, -0.15) is 5.10 Å². The minimum atomic E-state index is -4.01. The maximum absolute atomic E-state index is 13.7. The molecule has 1 aromatic heterocycles. The molecule has 4 rings (SSSR count). The van der Waals surface area contributed by atoms with E-state index in [2.05, 4.69) is 31.0 Å². The quantitative estimate of drug-likeness (QED) is 0.193. The van der Waals surface area contributed by atoms with E-state index in [9.17, 15) is 13.2 Å². The molecule has 0 fully saturated rings. The number of hydrogen-bond acceptors (Lipinski definition) is 4. The molecule has 0 saturated carbocycles. The molecule has 0 spiro atoms. The molecule has 0 atom stereocenters. The van der Waals surface area contributed by atoms with Crippen molar-refractivity contribution in [3.05, 3.63) is 111 Å². The van der Waals surface area contributed by atoms with Crippen molar-refractivity contribution in [2.45, 2.75) is 39.5 Å². The van der Waals surface area contributed by atoms with Gasteiger partial charge >= 0.3 is 0 Å². The first-order chi connectivity index (χ1) is 18.5. The zero-order chi connectivity index (χ0) is 28.3. The number of amides is 1. The monoisotopic (exact) mass is 606 g/mol. The Hall–Kier alpha value is -3.69. The molecular weight excluding hydrogens is 576 g/mol. The Morgan fingerprint density at radius 2 is 1.64 bits per heavy atom. The Bertz CT molecular complexity index is 1660. The number of carbonyl (C=O) groups excluding carboxylic acids is 1. The Kier molecular flexibility index (Phi) is 8.42. The third-order valence-corrected chi connectivity index (χ3v) is 8.73. The van der Waals surface area contributed by atoms with Crippen LogP contribution in [0, 0.1) is 34.6 Å². The lowest BCUT2D eigenvalue weighted by atomic mass is 10.1. The Labute approximate surface area is 238 Å². The lowest BCUT2D eigenvalue weighted by Crippen LogP contribution is -2.40. The van der Waals surface area contributed by atoms with E-state index in [0.717, 1.165) is 48.1 Å². The van der Waals surface area contributed by atoms with Crippen molar-refractivity contribution < 1.29 is 13.2 Å². The van der Waals surface area contributed by atoms with Gasteiger partial charge in [-0.15, -0.1) is 0 Å². The summed E-state index contributed by atoms with van der Waals surface area (Å²) < 4.78 is 31.6. The summed E-state index contributed by atoms with van der Waals surface area (Å²) in [6, 6.07) is 22.1. The summed E-state index contributed by atoms with van der Waals surface area (Å²) in [5.74, 6) is -0.552. The van der Waals surface area contributed by atoms with Crippen LogP contribution >= 0.6 is 15.9 Å². The number of nitrogens with zero attached hydrogens (tertiary/aromatic N) is 3. The minimum Gasteiger partial charge on any atom is -0.318 e. The van der Waals surface area contributed by atoms with Gasteiger partial charge in [-0.05, 0) is 88.2 Å². The highest BCUT2D eigenvalue weighted by molar-refractivity contribution is 9.10. The third-order valence-electron chi connectivity index (χ3n) is 6.46. The predicted molar refractivity (Wildman–Crippen MR) is 160 cm³/mol. The van der Waals surface area contributed by atoms with Crippen LogP contribution in [0.5, 0.6) is 0 Å². The Morgan fingerprint density at radius 3 is 2.33 bits per heavy atom. The Balaban J connectivity index is 1.59. The Morgan fingerprint density at radius 1 is 0.949 bits per heavy atom. The smallest absolute Gasteiger partial charge is 0.264 e. The first kappa shape index (κ1) is 28.3. The van der Waals surface area contributed by atoms with Crippen molar-refractivity contribution in [1.29, 1.82) is 0 Å². The number of aryl methyl sites for hydroxylation is 4. The lowest BCUT2D eigenvalue weighted by molar-refractivity contribution is -0.119. The predicted octanol–water partition coefficient (Wildman–Crippen LogP) is 6.13. The van der Waals surface area contributed by atoms with Crippen LogP contribution < -0.4 is 9.73 Å². The lowest BCUT2D eigenvalue weighted by Gasteiger charge is -2.25. The zero-order valence-electron chi connectivity index (χ0n) is 22.6. The van der Waals surface area contributed by atoms with Gasteiger partial charge in [-0.1, -0.05) is 51.8 Å². The number of nitrogens with one attached hydrogen (secondary N) is 1. The normalized spacial score (nSPS) is 11.6. The van der Waals surface area contributed by atoms with Crippen LogP contribution in [0.25, 0.3) is 5.69 Å². The van der Waals surface area contributed by atoms with E-state index in [1.807, 2.05) is 77.1 Å². The van der Waals surface area contributed by atoms with Gasteiger partial charge in [-0.3, -0.25) is 9.10 Å². The fourth-order valence-corrected chi connectivity index (χ4v) is 6.26. The summed E-state index contributed by atoms with van der Waals surface area (Å²) in [4.78, 5) is 13.1. The SMILES string of the molecule is Cc1ccc(S(=O)(=O)N(CC(=O)NN=Cc2cc(C)n(-c3cccc(Br)c3)c2C)c2cc(C)ccc2C)cc1. The highest BCUT2D eigenvalue weighted by Gasteiger charge is 2.28. The van der Waals surface area contributed by atoms with Crippen LogP contribution in [0.1, 0.15) is 33.6 Å². The average Bonchev–Trinajstić information content (AvgIpc) is 3.17. The molecule has 4 aromatic rings.